The van der Waals surface area contributed by atoms with Crippen molar-refractivity contribution in [2.75, 3.05) is 11.4 Å². The molecule has 0 spiro atoms. The number of benzene rings is 1. The van der Waals surface area contributed by atoms with Gasteiger partial charge in [0.15, 0.2) is 0 Å². The van der Waals surface area contributed by atoms with E-state index in [1.807, 2.05) is 52.4 Å². The maximum absolute atomic E-state index is 13.8. The van der Waals surface area contributed by atoms with Crippen LogP contribution in [0.3, 0.4) is 0 Å². The Morgan fingerprint density at radius 2 is 1.87 bits per heavy atom. The highest BCUT2D eigenvalue weighted by atomic mass is 32.2. The third-order valence-corrected chi connectivity index (χ3v) is 8.60. The smallest absolute Gasteiger partial charge is 0.243 e. The molecule has 30 heavy (non-hydrogen) atoms. The molecule has 0 radical (unpaired) electrons. The van der Waals surface area contributed by atoms with E-state index in [0.717, 1.165) is 27.4 Å². The van der Waals surface area contributed by atoms with E-state index < -0.39 is 10.0 Å². The number of nitrogens with zero attached hydrogens (tertiary/aromatic N) is 3. The number of sulfonamides is 1. The van der Waals surface area contributed by atoms with Gasteiger partial charge < -0.3 is 9.47 Å². The van der Waals surface area contributed by atoms with Gasteiger partial charge in [-0.3, -0.25) is 4.79 Å². The number of anilines is 1. The molecule has 1 aromatic carbocycles. The van der Waals surface area contributed by atoms with E-state index in [9.17, 15) is 13.2 Å². The summed E-state index contributed by atoms with van der Waals surface area (Å²) in [5.74, 6) is 0.139. The van der Waals surface area contributed by atoms with E-state index in [-0.39, 0.29) is 5.91 Å². The number of carbonyl (C=O) groups is 1. The third kappa shape index (κ3) is 3.29. The lowest BCUT2D eigenvalue weighted by Crippen LogP contribution is -2.33. The first-order chi connectivity index (χ1) is 14.4. The van der Waals surface area contributed by atoms with Gasteiger partial charge in [-0.1, -0.05) is 6.07 Å². The van der Waals surface area contributed by atoms with Crippen molar-refractivity contribution in [2.45, 2.75) is 37.2 Å². The topological polar surface area (TPSA) is 62.6 Å². The average Bonchev–Trinajstić information content (AvgIpc) is 3.47. The molecule has 2 aliphatic rings. The highest BCUT2D eigenvalue weighted by Gasteiger charge is 2.34. The molecule has 3 aromatic rings. The van der Waals surface area contributed by atoms with Gasteiger partial charge in [0.25, 0.3) is 0 Å². The second kappa shape index (κ2) is 7.37. The molecular formula is C22H23N3O3S2. The lowest BCUT2D eigenvalue weighted by atomic mass is 10.00. The molecule has 0 saturated carbocycles. The molecule has 6 nitrogen and oxygen atoms in total. The number of aryl methyl sites for hydroxylation is 2. The number of aromatic nitrogens is 1. The van der Waals surface area contributed by atoms with E-state index in [1.54, 1.807) is 27.8 Å². The Morgan fingerprint density at radius 1 is 1.07 bits per heavy atom. The molecule has 0 unspecified atom stereocenters. The Labute approximate surface area is 180 Å². The van der Waals surface area contributed by atoms with E-state index in [0.29, 0.717) is 43.8 Å². The van der Waals surface area contributed by atoms with Crippen LogP contribution in [0.15, 0.2) is 52.9 Å². The van der Waals surface area contributed by atoms with Gasteiger partial charge in [-0.05, 0) is 59.7 Å². The fourth-order valence-electron chi connectivity index (χ4n) is 4.37. The van der Waals surface area contributed by atoms with Crippen LogP contribution in [0, 0.1) is 0 Å². The number of hydrogen-bond donors (Lipinski definition) is 0. The van der Waals surface area contributed by atoms with Gasteiger partial charge in [0.2, 0.25) is 15.9 Å². The zero-order chi connectivity index (χ0) is 20.9. The standard InChI is InChI=1S/C22H23N3O3S2/c1-23-9-2-4-18(23)14-24(15-19-5-3-11-29-19)30(27,28)20-12-16-6-7-21(26)25-10-8-17(13-20)22(16)25/h2-5,9,11-13H,6-8,10,14-15H2,1H3. The minimum Gasteiger partial charge on any atom is -0.353 e. The van der Waals surface area contributed by atoms with Crippen LogP contribution >= 0.6 is 11.3 Å². The van der Waals surface area contributed by atoms with Crippen molar-refractivity contribution >= 4 is 33.0 Å². The summed E-state index contributed by atoms with van der Waals surface area (Å²) in [6.07, 6.45) is 3.68. The number of thiophene rings is 1. The van der Waals surface area contributed by atoms with Crippen LogP contribution in [-0.4, -0.2) is 29.7 Å². The zero-order valence-electron chi connectivity index (χ0n) is 16.7. The highest BCUT2D eigenvalue weighted by Crippen LogP contribution is 2.39. The molecule has 0 saturated heterocycles. The average molecular weight is 442 g/mol. The quantitative estimate of drug-likeness (QED) is 0.590. The summed E-state index contributed by atoms with van der Waals surface area (Å²) in [4.78, 5) is 15.4. The Kier molecular flexibility index (Phi) is 4.80. The molecule has 156 valence electrons. The normalized spacial score (nSPS) is 15.8. The van der Waals surface area contributed by atoms with Crippen molar-refractivity contribution in [1.29, 1.82) is 0 Å². The van der Waals surface area contributed by atoms with E-state index in [1.165, 1.54) is 0 Å². The van der Waals surface area contributed by atoms with E-state index >= 15 is 0 Å². The minimum absolute atomic E-state index is 0.139. The molecule has 0 atom stereocenters. The predicted molar refractivity (Wildman–Crippen MR) is 117 cm³/mol. The predicted octanol–water partition coefficient (Wildman–Crippen LogP) is 3.31. The first-order valence-electron chi connectivity index (χ1n) is 10.0. The summed E-state index contributed by atoms with van der Waals surface area (Å²) >= 11 is 1.56. The van der Waals surface area contributed by atoms with Crippen LogP contribution in [0.4, 0.5) is 5.69 Å². The Bertz CT molecular complexity index is 1210. The van der Waals surface area contributed by atoms with E-state index in [2.05, 4.69) is 0 Å². The summed E-state index contributed by atoms with van der Waals surface area (Å²) in [6, 6.07) is 11.3. The van der Waals surface area contributed by atoms with Crippen molar-refractivity contribution in [1.82, 2.24) is 8.87 Å². The molecule has 2 aliphatic heterocycles. The third-order valence-electron chi connectivity index (χ3n) is 5.96. The summed E-state index contributed by atoms with van der Waals surface area (Å²) < 4.78 is 31.0. The maximum atomic E-state index is 13.8. The first kappa shape index (κ1) is 19.5. The Hall–Kier alpha value is -2.42. The Morgan fingerprint density at radius 3 is 2.57 bits per heavy atom. The van der Waals surface area contributed by atoms with Crippen LogP contribution in [0.1, 0.15) is 28.1 Å². The monoisotopic (exact) mass is 441 g/mol. The van der Waals surface area contributed by atoms with Crippen molar-refractivity contribution in [3.8, 4) is 0 Å². The largest absolute Gasteiger partial charge is 0.353 e. The molecule has 0 N–H and O–H groups in total. The SMILES string of the molecule is Cn1cccc1CN(Cc1cccs1)S(=O)(=O)c1cc2c3c(c1)CCN3C(=O)CC2. The van der Waals surface area contributed by atoms with Crippen molar-refractivity contribution in [2.24, 2.45) is 7.05 Å². The highest BCUT2D eigenvalue weighted by molar-refractivity contribution is 7.89. The summed E-state index contributed by atoms with van der Waals surface area (Å²) in [5, 5.41) is 1.97. The van der Waals surface area contributed by atoms with Gasteiger partial charge in [0, 0.05) is 43.3 Å². The van der Waals surface area contributed by atoms with Gasteiger partial charge in [-0.15, -0.1) is 11.3 Å². The second-order valence-corrected chi connectivity index (χ2v) is 10.8. The maximum Gasteiger partial charge on any atom is 0.243 e. The molecule has 8 heteroatoms. The molecular weight excluding hydrogens is 418 g/mol. The summed E-state index contributed by atoms with van der Waals surface area (Å²) in [5.41, 5.74) is 3.82. The summed E-state index contributed by atoms with van der Waals surface area (Å²) in [6.45, 7) is 1.29. The molecule has 1 amide bonds. The van der Waals surface area contributed by atoms with Gasteiger partial charge in [-0.2, -0.15) is 4.31 Å². The zero-order valence-corrected chi connectivity index (χ0v) is 18.4. The van der Waals surface area contributed by atoms with Crippen molar-refractivity contribution < 1.29 is 13.2 Å². The minimum atomic E-state index is -3.71. The first-order valence-corrected chi connectivity index (χ1v) is 12.3. The molecule has 0 bridgehead atoms. The number of amides is 1. The number of hydrogen-bond acceptors (Lipinski definition) is 4. The van der Waals surface area contributed by atoms with E-state index in [4.69, 9.17) is 0 Å². The van der Waals surface area contributed by atoms with Gasteiger partial charge >= 0.3 is 0 Å². The van der Waals surface area contributed by atoms with Gasteiger partial charge in [0.1, 0.15) is 0 Å². The fraction of sp³-hybridized carbons (Fsp3) is 0.318. The number of rotatable bonds is 6. The fourth-order valence-corrected chi connectivity index (χ4v) is 6.66. The number of carbonyl (C=O) groups excluding carboxylic acids is 1. The lowest BCUT2D eigenvalue weighted by Gasteiger charge is -2.27. The molecule has 4 heterocycles. The molecule has 0 aliphatic carbocycles. The van der Waals surface area contributed by atoms with Crippen LogP contribution < -0.4 is 4.90 Å². The summed E-state index contributed by atoms with van der Waals surface area (Å²) in [7, 11) is -1.78. The second-order valence-electron chi connectivity index (χ2n) is 7.85. The molecule has 5 rings (SSSR count). The van der Waals surface area contributed by atoms with Crippen LogP contribution in [0.2, 0.25) is 0 Å². The van der Waals surface area contributed by atoms with Crippen molar-refractivity contribution in [3.63, 3.8) is 0 Å². The molecule has 0 fully saturated rings. The Balaban J connectivity index is 1.55. The molecule has 2 aromatic heterocycles. The van der Waals surface area contributed by atoms with Crippen LogP contribution in [0.5, 0.6) is 0 Å². The lowest BCUT2D eigenvalue weighted by molar-refractivity contribution is -0.118. The van der Waals surface area contributed by atoms with Crippen LogP contribution in [-0.2, 0) is 47.8 Å². The van der Waals surface area contributed by atoms with Gasteiger partial charge in [0.05, 0.1) is 17.1 Å². The van der Waals surface area contributed by atoms with Crippen molar-refractivity contribution in [3.05, 3.63) is 69.7 Å². The van der Waals surface area contributed by atoms with Gasteiger partial charge in [-0.25, -0.2) is 8.42 Å². The van der Waals surface area contributed by atoms with Crippen LogP contribution in [0.25, 0.3) is 0 Å².